The number of rotatable bonds is 5. The van der Waals surface area contributed by atoms with E-state index in [0.29, 0.717) is 0 Å². The average molecular weight is 296 g/mol. The third-order valence-corrected chi connectivity index (χ3v) is 3.82. The van der Waals surface area contributed by atoms with E-state index in [1.807, 2.05) is 24.4 Å². The van der Waals surface area contributed by atoms with Crippen molar-refractivity contribution in [2.75, 3.05) is 11.9 Å². The summed E-state index contributed by atoms with van der Waals surface area (Å²) in [6, 6.07) is 7.33. The first kappa shape index (κ1) is 14.6. The minimum absolute atomic E-state index is 0.00576. The molecule has 6 heteroatoms. The van der Waals surface area contributed by atoms with Gasteiger partial charge in [-0.1, -0.05) is 12.1 Å². The number of anilines is 1. The monoisotopic (exact) mass is 296 g/mol. The highest BCUT2D eigenvalue weighted by atomic mass is 32.1. The first-order valence-electron chi connectivity index (χ1n) is 6.08. The van der Waals surface area contributed by atoms with Gasteiger partial charge in [0.25, 0.3) is 0 Å². The highest BCUT2D eigenvalue weighted by Crippen LogP contribution is 2.19. The van der Waals surface area contributed by atoms with Gasteiger partial charge in [-0.15, -0.1) is 11.3 Å². The summed E-state index contributed by atoms with van der Waals surface area (Å²) in [5.41, 5.74) is -0.414. The van der Waals surface area contributed by atoms with Crippen LogP contribution in [0.15, 0.2) is 35.7 Å². The maximum Gasteiger partial charge on any atom is 0.238 e. The number of hydrogen-bond acceptors (Lipinski definition) is 3. The molecule has 1 amide bonds. The molecule has 0 saturated carbocycles. The van der Waals surface area contributed by atoms with Crippen molar-refractivity contribution >= 4 is 22.9 Å². The normalized spacial score (nSPS) is 12.2. The van der Waals surface area contributed by atoms with E-state index in [1.165, 1.54) is 6.07 Å². The van der Waals surface area contributed by atoms with Crippen LogP contribution in [0.25, 0.3) is 0 Å². The van der Waals surface area contributed by atoms with Crippen LogP contribution in [0.2, 0.25) is 0 Å². The minimum Gasteiger partial charge on any atom is -0.320 e. The Morgan fingerprint density at radius 2 is 1.95 bits per heavy atom. The molecule has 1 aromatic heterocycles. The van der Waals surface area contributed by atoms with E-state index in [2.05, 4.69) is 10.6 Å². The summed E-state index contributed by atoms with van der Waals surface area (Å²) in [6.45, 7) is 1.90. The topological polar surface area (TPSA) is 41.1 Å². The Labute approximate surface area is 119 Å². The second kappa shape index (κ2) is 6.58. The van der Waals surface area contributed by atoms with Crippen LogP contribution in [0.3, 0.4) is 0 Å². The molecular weight excluding hydrogens is 282 g/mol. The quantitative estimate of drug-likeness (QED) is 0.888. The van der Waals surface area contributed by atoms with Crippen molar-refractivity contribution in [3.05, 3.63) is 52.2 Å². The van der Waals surface area contributed by atoms with Crippen LogP contribution in [0.1, 0.15) is 17.8 Å². The summed E-state index contributed by atoms with van der Waals surface area (Å²) in [6.07, 6.45) is 0. The van der Waals surface area contributed by atoms with Gasteiger partial charge < -0.3 is 10.6 Å². The molecule has 2 aromatic rings. The van der Waals surface area contributed by atoms with Crippen molar-refractivity contribution in [3.63, 3.8) is 0 Å². The molecule has 0 bridgehead atoms. The van der Waals surface area contributed by atoms with Gasteiger partial charge in [-0.2, -0.15) is 0 Å². The first-order chi connectivity index (χ1) is 9.58. The number of hydrogen-bond donors (Lipinski definition) is 2. The lowest BCUT2D eigenvalue weighted by Crippen LogP contribution is -2.30. The van der Waals surface area contributed by atoms with Crippen molar-refractivity contribution in [2.24, 2.45) is 0 Å². The van der Waals surface area contributed by atoms with Crippen LogP contribution >= 0.6 is 11.3 Å². The largest absolute Gasteiger partial charge is 0.320 e. The molecule has 20 heavy (non-hydrogen) atoms. The number of nitrogens with one attached hydrogen (secondary N) is 2. The molecule has 106 valence electrons. The van der Waals surface area contributed by atoms with E-state index < -0.39 is 23.2 Å². The number of halogens is 2. The Morgan fingerprint density at radius 3 is 2.55 bits per heavy atom. The zero-order valence-corrected chi connectivity index (χ0v) is 11.6. The molecule has 1 aromatic carbocycles. The van der Waals surface area contributed by atoms with E-state index in [9.17, 15) is 13.6 Å². The molecule has 1 unspecified atom stereocenters. The summed E-state index contributed by atoms with van der Waals surface area (Å²) in [4.78, 5) is 12.8. The standard InChI is InChI=1S/C14H14F2N2OS/c1-9(12-6-3-7-20-12)17-8-13(19)18-14-10(15)4-2-5-11(14)16/h2-7,9,17H,8H2,1H3,(H,18,19). The Hall–Kier alpha value is -1.79. The number of para-hydroxylation sites is 1. The van der Waals surface area contributed by atoms with Gasteiger partial charge in [0.1, 0.15) is 17.3 Å². The number of benzene rings is 1. The number of thiophene rings is 1. The smallest absolute Gasteiger partial charge is 0.238 e. The average Bonchev–Trinajstić information content (AvgIpc) is 2.94. The molecule has 0 radical (unpaired) electrons. The van der Waals surface area contributed by atoms with Crippen molar-refractivity contribution in [2.45, 2.75) is 13.0 Å². The van der Waals surface area contributed by atoms with Gasteiger partial charge in [0, 0.05) is 10.9 Å². The van der Waals surface area contributed by atoms with Gasteiger partial charge in [-0.25, -0.2) is 8.78 Å². The Balaban J connectivity index is 1.90. The molecule has 1 heterocycles. The number of carbonyl (C=O) groups excluding carboxylic acids is 1. The summed E-state index contributed by atoms with van der Waals surface area (Å²) in [7, 11) is 0. The predicted octanol–water partition coefficient (Wildman–Crippen LogP) is 3.32. The van der Waals surface area contributed by atoms with Gasteiger partial charge >= 0.3 is 0 Å². The first-order valence-corrected chi connectivity index (χ1v) is 6.96. The third-order valence-electron chi connectivity index (χ3n) is 2.77. The number of amides is 1. The predicted molar refractivity (Wildman–Crippen MR) is 75.7 cm³/mol. The maximum atomic E-state index is 13.4. The van der Waals surface area contributed by atoms with Gasteiger partial charge in [-0.3, -0.25) is 4.79 Å². The Morgan fingerprint density at radius 1 is 1.25 bits per heavy atom. The van der Waals surface area contributed by atoms with Gasteiger partial charge in [0.05, 0.1) is 6.54 Å². The van der Waals surface area contributed by atoms with E-state index >= 15 is 0 Å². The van der Waals surface area contributed by atoms with E-state index in [1.54, 1.807) is 11.3 Å². The zero-order valence-electron chi connectivity index (χ0n) is 10.8. The lowest BCUT2D eigenvalue weighted by molar-refractivity contribution is -0.115. The van der Waals surface area contributed by atoms with Gasteiger partial charge in [-0.05, 0) is 30.5 Å². The highest BCUT2D eigenvalue weighted by molar-refractivity contribution is 7.10. The molecular formula is C14H14F2N2OS. The molecule has 0 spiro atoms. The Kier molecular flexibility index (Phi) is 4.81. The molecule has 2 rings (SSSR count). The third kappa shape index (κ3) is 3.61. The van der Waals surface area contributed by atoms with Crippen LogP contribution < -0.4 is 10.6 Å². The fraction of sp³-hybridized carbons (Fsp3) is 0.214. The van der Waals surface area contributed by atoms with Gasteiger partial charge in [0.2, 0.25) is 5.91 Å². The molecule has 2 N–H and O–H groups in total. The lowest BCUT2D eigenvalue weighted by atomic mass is 10.2. The maximum absolute atomic E-state index is 13.4. The molecule has 0 aliphatic heterocycles. The highest BCUT2D eigenvalue weighted by Gasteiger charge is 2.13. The number of carbonyl (C=O) groups is 1. The molecule has 0 aliphatic carbocycles. The summed E-state index contributed by atoms with van der Waals surface area (Å²) in [5.74, 6) is -2.06. The minimum atomic E-state index is -0.787. The van der Waals surface area contributed by atoms with Crippen molar-refractivity contribution in [1.82, 2.24) is 5.32 Å². The summed E-state index contributed by atoms with van der Waals surface area (Å²) in [5, 5.41) is 7.18. The van der Waals surface area contributed by atoms with Crippen LogP contribution in [0.4, 0.5) is 14.5 Å². The van der Waals surface area contributed by atoms with E-state index in [0.717, 1.165) is 17.0 Å². The molecule has 0 fully saturated rings. The van der Waals surface area contributed by atoms with Crippen LogP contribution in [-0.2, 0) is 4.79 Å². The molecule has 3 nitrogen and oxygen atoms in total. The molecule has 0 aliphatic rings. The molecule has 1 atom stereocenters. The fourth-order valence-electron chi connectivity index (χ4n) is 1.68. The zero-order chi connectivity index (χ0) is 14.5. The molecule has 0 saturated heterocycles. The SMILES string of the molecule is CC(NCC(=O)Nc1c(F)cccc1F)c1cccs1. The second-order valence-electron chi connectivity index (χ2n) is 4.26. The van der Waals surface area contributed by atoms with Crippen LogP contribution in [-0.4, -0.2) is 12.5 Å². The van der Waals surface area contributed by atoms with Gasteiger partial charge in [0.15, 0.2) is 0 Å². The van der Waals surface area contributed by atoms with E-state index in [4.69, 9.17) is 0 Å². The summed E-state index contributed by atoms with van der Waals surface area (Å²) < 4.78 is 26.7. The van der Waals surface area contributed by atoms with E-state index in [-0.39, 0.29) is 12.6 Å². The van der Waals surface area contributed by atoms with Crippen LogP contribution in [0.5, 0.6) is 0 Å². The van der Waals surface area contributed by atoms with Crippen molar-refractivity contribution in [1.29, 1.82) is 0 Å². The second-order valence-corrected chi connectivity index (χ2v) is 5.24. The lowest BCUT2D eigenvalue weighted by Gasteiger charge is -2.12. The summed E-state index contributed by atoms with van der Waals surface area (Å²) >= 11 is 1.58. The Bertz CT molecular complexity index is 567. The van der Waals surface area contributed by atoms with Crippen LogP contribution in [0, 0.1) is 11.6 Å². The van der Waals surface area contributed by atoms with Crippen molar-refractivity contribution in [3.8, 4) is 0 Å². The fourth-order valence-corrected chi connectivity index (χ4v) is 2.44. The van der Waals surface area contributed by atoms with Crippen molar-refractivity contribution < 1.29 is 13.6 Å².